The fourth-order valence-corrected chi connectivity index (χ4v) is 2.80. The van der Waals surface area contributed by atoms with E-state index < -0.39 is 5.41 Å². The lowest BCUT2D eigenvalue weighted by Gasteiger charge is -2.16. The van der Waals surface area contributed by atoms with Crippen molar-refractivity contribution in [2.75, 3.05) is 20.7 Å². The topological polar surface area (TPSA) is 38.3 Å². The van der Waals surface area contributed by atoms with E-state index in [0.29, 0.717) is 10.0 Å². The first-order valence-corrected chi connectivity index (χ1v) is 6.50. The molecule has 0 bridgehead atoms. The number of ether oxygens (including phenoxy) is 1. The molecule has 3 nitrogen and oxygen atoms in total. The van der Waals surface area contributed by atoms with Crippen LogP contribution in [0.25, 0.3) is 0 Å². The molecule has 0 unspecified atom stereocenters. The summed E-state index contributed by atoms with van der Waals surface area (Å²) in [4.78, 5) is 12.1. The molecule has 1 aromatic carbocycles. The van der Waals surface area contributed by atoms with Crippen molar-refractivity contribution in [2.45, 2.75) is 11.8 Å². The van der Waals surface area contributed by atoms with Gasteiger partial charge in [0.25, 0.3) is 0 Å². The van der Waals surface area contributed by atoms with E-state index in [1.54, 1.807) is 12.1 Å². The Morgan fingerprint density at radius 2 is 2.22 bits per heavy atom. The smallest absolute Gasteiger partial charge is 0.316 e. The van der Waals surface area contributed by atoms with Gasteiger partial charge < -0.3 is 10.1 Å². The lowest BCUT2D eigenvalue weighted by atomic mass is 9.93. The van der Waals surface area contributed by atoms with E-state index in [4.69, 9.17) is 27.9 Å². The summed E-state index contributed by atoms with van der Waals surface area (Å²) in [7, 11) is 3.28. The molecule has 0 aliphatic heterocycles. The van der Waals surface area contributed by atoms with E-state index in [1.807, 2.05) is 13.1 Å². The Balaban J connectivity index is 2.37. The summed E-state index contributed by atoms with van der Waals surface area (Å²) in [6.07, 6.45) is 0.776. The third kappa shape index (κ3) is 2.11. The molecule has 0 radical (unpaired) electrons. The molecule has 0 aromatic heterocycles. The monoisotopic (exact) mass is 287 g/mol. The van der Waals surface area contributed by atoms with Crippen LogP contribution in [0.2, 0.25) is 10.0 Å². The molecule has 2 rings (SSSR count). The number of benzene rings is 1. The zero-order chi connectivity index (χ0) is 13.3. The SMILES string of the molecule is CNC[C@H]1C[C@@]1(C(=O)OC)c1ccc(Cl)c(Cl)c1. The van der Waals surface area contributed by atoms with Gasteiger partial charge in [-0.2, -0.15) is 0 Å². The number of nitrogens with one attached hydrogen (secondary N) is 1. The second-order valence-electron chi connectivity index (χ2n) is 4.55. The van der Waals surface area contributed by atoms with Crippen LogP contribution in [0.3, 0.4) is 0 Å². The summed E-state index contributed by atoms with van der Waals surface area (Å²) >= 11 is 11.9. The fourth-order valence-electron chi connectivity index (χ4n) is 2.50. The number of esters is 1. The molecule has 98 valence electrons. The highest BCUT2D eigenvalue weighted by molar-refractivity contribution is 6.42. The average molecular weight is 288 g/mol. The number of hydrogen-bond donors (Lipinski definition) is 1. The molecule has 1 aliphatic rings. The van der Waals surface area contributed by atoms with Crippen LogP contribution in [0.1, 0.15) is 12.0 Å². The van der Waals surface area contributed by atoms with Gasteiger partial charge in [0.1, 0.15) is 0 Å². The van der Waals surface area contributed by atoms with E-state index in [-0.39, 0.29) is 11.9 Å². The molecule has 0 amide bonds. The predicted octanol–water partition coefficient (Wildman–Crippen LogP) is 2.64. The van der Waals surface area contributed by atoms with Gasteiger partial charge in [-0.25, -0.2) is 0 Å². The number of halogens is 2. The molecule has 18 heavy (non-hydrogen) atoms. The molecular formula is C13H15Cl2NO2. The number of methoxy groups -OCH3 is 1. The highest BCUT2D eigenvalue weighted by Gasteiger charge is 2.61. The molecule has 1 fully saturated rings. The number of hydrogen-bond acceptors (Lipinski definition) is 3. The first-order chi connectivity index (χ1) is 8.56. The predicted molar refractivity (Wildman–Crippen MR) is 72.2 cm³/mol. The van der Waals surface area contributed by atoms with E-state index in [1.165, 1.54) is 7.11 Å². The van der Waals surface area contributed by atoms with Gasteiger partial charge in [-0.05, 0) is 43.6 Å². The van der Waals surface area contributed by atoms with Crippen LogP contribution >= 0.6 is 23.2 Å². The average Bonchev–Trinajstić information content (AvgIpc) is 3.07. The van der Waals surface area contributed by atoms with Crippen molar-refractivity contribution in [1.29, 1.82) is 0 Å². The zero-order valence-electron chi connectivity index (χ0n) is 10.3. The molecule has 1 N–H and O–H groups in total. The Morgan fingerprint density at radius 1 is 1.50 bits per heavy atom. The minimum Gasteiger partial charge on any atom is -0.468 e. The molecular weight excluding hydrogens is 273 g/mol. The Labute approximate surface area is 116 Å². The second kappa shape index (κ2) is 5.08. The minimum absolute atomic E-state index is 0.207. The summed E-state index contributed by atoms with van der Waals surface area (Å²) in [5.74, 6) is 0.0355. The van der Waals surface area contributed by atoms with E-state index in [0.717, 1.165) is 18.5 Å². The zero-order valence-corrected chi connectivity index (χ0v) is 11.8. The highest BCUT2D eigenvalue weighted by Crippen LogP contribution is 2.55. The lowest BCUT2D eigenvalue weighted by Crippen LogP contribution is -2.27. The molecule has 1 saturated carbocycles. The third-order valence-electron chi connectivity index (χ3n) is 3.54. The van der Waals surface area contributed by atoms with Crippen molar-refractivity contribution < 1.29 is 9.53 Å². The Bertz CT molecular complexity index is 478. The summed E-state index contributed by atoms with van der Waals surface area (Å²) in [5, 5.41) is 4.05. The van der Waals surface area contributed by atoms with Crippen LogP contribution in [-0.2, 0) is 14.9 Å². The third-order valence-corrected chi connectivity index (χ3v) is 4.28. The first kappa shape index (κ1) is 13.7. The van der Waals surface area contributed by atoms with Gasteiger partial charge in [-0.3, -0.25) is 4.79 Å². The highest BCUT2D eigenvalue weighted by atomic mass is 35.5. The fraction of sp³-hybridized carbons (Fsp3) is 0.462. The number of rotatable bonds is 4. The molecule has 0 saturated heterocycles. The molecule has 1 aliphatic carbocycles. The van der Waals surface area contributed by atoms with E-state index in [9.17, 15) is 4.79 Å². The van der Waals surface area contributed by atoms with E-state index >= 15 is 0 Å². The van der Waals surface area contributed by atoms with Crippen LogP contribution in [0.4, 0.5) is 0 Å². The Morgan fingerprint density at radius 3 is 2.78 bits per heavy atom. The van der Waals surface area contributed by atoms with Crippen LogP contribution in [0.5, 0.6) is 0 Å². The van der Waals surface area contributed by atoms with E-state index in [2.05, 4.69) is 5.32 Å². The summed E-state index contributed by atoms with van der Waals surface area (Å²) < 4.78 is 4.94. The standard InChI is InChI=1S/C13H15Cl2NO2/c1-16-7-9-6-13(9,12(17)18-2)8-3-4-10(14)11(15)5-8/h3-5,9,16H,6-7H2,1-2H3/t9-,13-/m1/s1. The largest absolute Gasteiger partial charge is 0.468 e. The molecule has 0 spiro atoms. The Kier molecular flexibility index (Phi) is 3.85. The maximum atomic E-state index is 12.1. The van der Waals surface area contributed by atoms with Crippen LogP contribution < -0.4 is 5.32 Å². The molecule has 2 atom stereocenters. The van der Waals surface area contributed by atoms with Gasteiger partial charge in [0.15, 0.2) is 0 Å². The molecule has 0 heterocycles. The molecule has 1 aromatic rings. The minimum atomic E-state index is -0.564. The van der Waals surface area contributed by atoms with Gasteiger partial charge in [0, 0.05) is 0 Å². The normalized spacial score (nSPS) is 25.9. The van der Waals surface area contributed by atoms with Crippen LogP contribution in [0.15, 0.2) is 18.2 Å². The summed E-state index contributed by atoms with van der Waals surface area (Å²) in [6, 6.07) is 5.33. The summed E-state index contributed by atoms with van der Waals surface area (Å²) in [6.45, 7) is 0.773. The van der Waals surface area contributed by atoms with Crippen LogP contribution in [0, 0.1) is 5.92 Å². The van der Waals surface area contributed by atoms with Gasteiger partial charge >= 0.3 is 5.97 Å². The Hall–Kier alpha value is -0.770. The number of carbonyl (C=O) groups is 1. The van der Waals surface area contributed by atoms with Gasteiger partial charge in [-0.15, -0.1) is 0 Å². The van der Waals surface area contributed by atoms with Crippen molar-refractivity contribution in [3.05, 3.63) is 33.8 Å². The maximum absolute atomic E-state index is 12.1. The lowest BCUT2D eigenvalue weighted by molar-refractivity contribution is -0.144. The van der Waals surface area contributed by atoms with Crippen molar-refractivity contribution in [2.24, 2.45) is 5.92 Å². The van der Waals surface area contributed by atoms with Gasteiger partial charge in [0.2, 0.25) is 0 Å². The second-order valence-corrected chi connectivity index (χ2v) is 5.36. The quantitative estimate of drug-likeness (QED) is 0.866. The van der Waals surface area contributed by atoms with Crippen LogP contribution in [-0.4, -0.2) is 26.7 Å². The summed E-state index contributed by atoms with van der Waals surface area (Å²) in [5.41, 5.74) is 0.315. The number of carbonyl (C=O) groups excluding carboxylic acids is 1. The molecule has 5 heteroatoms. The first-order valence-electron chi connectivity index (χ1n) is 5.74. The maximum Gasteiger partial charge on any atom is 0.316 e. The van der Waals surface area contributed by atoms with Crippen molar-refractivity contribution in [3.63, 3.8) is 0 Å². The van der Waals surface area contributed by atoms with Crippen molar-refractivity contribution in [1.82, 2.24) is 5.32 Å². The van der Waals surface area contributed by atoms with Gasteiger partial charge in [0.05, 0.1) is 22.6 Å². The van der Waals surface area contributed by atoms with Crippen molar-refractivity contribution >= 4 is 29.2 Å². The van der Waals surface area contributed by atoms with Crippen molar-refractivity contribution in [3.8, 4) is 0 Å². The van der Waals surface area contributed by atoms with Gasteiger partial charge in [-0.1, -0.05) is 29.3 Å².